The van der Waals surface area contributed by atoms with Crippen molar-refractivity contribution in [2.75, 3.05) is 26.0 Å². The number of thioether (sulfide) groups is 1. The Hall–Kier alpha value is -1.76. The molecule has 0 aromatic carbocycles. The summed E-state index contributed by atoms with van der Waals surface area (Å²) in [4.78, 5) is 20.0. The van der Waals surface area contributed by atoms with E-state index in [9.17, 15) is 4.79 Å². The van der Waals surface area contributed by atoms with Crippen LogP contribution in [0.15, 0.2) is 10.1 Å². The number of hydrogen-bond donors (Lipinski definition) is 1. The Bertz CT molecular complexity index is 664. The summed E-state index contributed by atoms with van der Waals surface area (Å²) in [6, 6.07) is 0. The number of unbranched alkanes of at least 4 members (excludes halogenated alkanes) is 1. The predicted octanol–water partition coefficient (Wildman–Crippen LogP) is 3.35. The molecule has 0 aliphatic carbocycles. The van der Waals surface area contributed by atoms with Gasteiger partial charge in [0, 0.05) is 25.0 Å². The molecule has 1 aliphatic rings. The van der Waals surface area contributed by atoms with E-state index in [2.05, 4.69) is 22.0 Å². The van der Waals surface area contributed by atoms with Crippen molar-refractivity contribution in [1.82, 2.24) is 9.99 Å². The number of rotatable bonds is 6. The number of ether oxygens (including phenoxy) is 1. The second kappa shape index (κ2) is 8.37. The van der Waals surface area contributed by atoms with E-state index in [-0.39, 0.29) is 5.97 Å². The molecule has 0 amide bonds. The maximum absolute atomic E-state index is 12.1. The van der Waals surface area contributed by atoms with Crippen LogP contribution in [0.2, 0.25) is 0 Å². The molecule has 2 heterocycles. The first-order chi connectivity index (χ1) is 11.5. The van der Waals surface area contributed by atoms with Crippen molar-refractivity contribution in [1.29, 1.82) is 0 Å². The topological polar surface area (TPSA) is 70.0 Å². The zero-order chi connectivity index (χ0) is 17.7. The number of aliphatic imine (C=N–C) groups is 1. The fraction of sp³-hybridized carbons (Fsp3) is 0.588. The Morgan fingerprint density at radius 3 is 2.79 bits per heavy atom. The molecule has 0 spiro atoms. The number of H-pyrrole nitrogens is 1. The molecule has 0 radical (unpaired) electrons. The molecular formula is C17H26N4O2S. The summed E-state index contributed by atoms with van der Waals surface area (Å²) < 4.78 is 5.15. The molecule has 0 unspecified atom stereocenters. The van der Waals surface area contributed by atoms with Gasteiger partial charge in [-0.25, -0.2) is 9.80 Å². The molecule has 24 heavy (non-hydrogen) atoms. The Balaban J connectivity index is 2.24. The molecular weight excluding hydrogens is 324 g/mol. The minimum atomic E-state index is -0.283. The number of esters is 1. The van der Waals surface area contributed by atoms with Crippen molar-refractivity contribution in [3.8, 4) is 0 Å². The summed E-state index contributed by atoms with van der Waals surface area (Å²) in [5, 5.41) is 7.41. The molecule has 7 heteroatoms. The summed E-state index contributed by atoms with van der Waals surface area (Å²) in [5.41, 5.74) is 4.16. The number of carbonyl (C=O) groups excluding carboxylic acids is 1. The number of nitrogens with one attached hydrogen (secondary N) is 1. The Labute approximate surface area is 147 Å². The van der Waals surface area contributed by atoms with Crippen molar-refractivity contribution in [2.24, 2.45) is 10.1 Å². The highest BCUT2D eigenvalue weighted by Gasteiger charge is 2.25. The van der Waals surface area contributed by atoms with Crippen LogP contribution in [0.3, 0.4) is 0 Å². The van der Waals surface area contributed by atoms with Crippen LogP contribution in [0.4, 0.5) is 0 Å². The van der Waals surface area contributed by atoms with E-state index in [1.807, 2.05) is 32.8 Å². The van der Waals surface area contributed by atoms with Gasteiger partial charge in [0.05, 0.1) is 23.6 Å². The lowest BCUT2D eigenvalue weighted by atomic mass is 10.1. The maximum atomic E-state index is 12.1. The molecule has 1 N–H and O–H groups in total. The van der Waals surface area contributed by atoms with Crippen LogP contribution >= 0.6 is 11.8 Å². The number of carbonyl (C=O) groups is 1. The van der Waals surface area contributed by atoms with Crippen LogP contribution < -0.4 is 0 Å². The van der Waals surface area contributed by atoms with Gasteiger partial charge in [-0.1, -0.05) is 25.1 Å². The molecule has 0 saturated carbocycles. The van der Waals surface area contributed by atoms with Crippen molar-refractivity contribution >= 4 is 28.6 Å². The summed E-state index contributed by atoms with van der Waals surface area (Å²) in [7, 11) is 1.91. The van der Waals surface area contributed by atoms with Crippen LogP contribution in [0, 0.1) is 13.8 Å². The molecule has 1 aromatic rings. The molecule has 0 saturated heterocycles. The zero-order valence-corrected chi connectivity index (χ0v) is 15.9. The van der Waals surface area contributed by atoms with Crippen molar-refractivity contribution in [3.05, 3.63) is 22.5 Å². The van der Waals surface area contributed by atoms with E-state index in [1.54, 1.807) is 11.8 Å². The quantitative estimate of drug-likeness (QED) is 0.631. The highest BCUT2D eigenvalue weighted by molar-refractivity contribution is 8.14. The minimum absolute atomic E-state index is 0.283. The molecule has 0 fully saturated rings. The standard InChI is InChI=1S/C17H26N4O2S/c1-6-8-9-18-17-21(5)20-13(10-24-17)15-11(3)14(12(4)19-15)16(22)23-7-2/h19H,6-10H2,1-5H3. The second-order valence-electron chi connectivity index (χ2n) is 5.72. The van der Waals surface area contributed by atoms with Crippen molar-refractivity contribution in [3.63, 3.8) is 0 Å². The number of aromatic nitrogens is 1. The first-order valence-electron chi connectivity index (χ1n) is 8.34. The van der Waals surface area contributed by atoms with Crippen molar-refractivity contribution in [2.45, 2.75) is 40.5 Å². The summed E-state index contributed by atoms with van der Waals surface area (Å²) in [5.74, 6) is 0.451. The average molecular weight is 350 g/mol. The van der Waals surface area contributed by atoms with Crippen molar-refractivity contribution < 1.29 is 9.53 Å². The van der Waals surface area contributed by atoms with Gasteiger partial charge in [0.25, 0.3) is 0 Å². The highest BCUT2D eigenvalue weighted by atomic mass is 32.2. The van der Waals surface area contributed by atoms with E-state index in [0.717, 1.165) is 53.0 Å². The molecule has 6 nitrogen and oxygen atoms in total. The third-order valence-corrected chi connectivity index (χ3v) is 4.92. The number of hydrogen-bond acceptors (Lipinski definition) is 5. The molecule has 1 aliphatic heterocycles. The lowest BCUT2D eigenvalue weighted by Crippen LogP contribution is -2.28. The maximum Gasteiger partial charge on any atom is 0.340 e. The van der Waals surface area contributed by atoms with Gasteiger partial charge in [0.1, 0.15) is 0 Å². The summed E-state index contributed by atoms with van der Waals surface area (Å²) in [6.07, 6.45) is 2.23. The normalized spacial score (nSPS) is 16.5. The molecule has 0 bridgehead atoms. The van der Waals surface area contributed by atoms with Gasteiger partial charge >= 0.3 is 5.97 Å². The molecule has 2 rings (SSSR count). The zero-order valence-electron chi connectivity index (χ0n) is 15.1. The third-order valence-electron chi connectivity index (χ3n) is 3.85. The van der Waals surface area contributed by atoms with E-state index >= 15 is 0 Å². The van der Waals surface area contributed by atoms with Crippen LogP contribution in [-0.4, -0.2) is 52.8 Å². The van der Waals surface area contributed by atoms with Crippen LogP contribution in [0.5, 0.6) is 0 Å². The minimum Gasteiger partial charge on any atom is -0.462 e. The average Bonchev–Trinajstić information content (AvgIpc) is 2.84. The lowest BCUT2D eigenvalue weighted by Gasteiger charge is -2.22. The number of hydrazone groups is 1. The number of aryl methyl sites for hydroxylation is 1. The summed E-state index contributed by atoms with van der Waals surface area (Å²) >= 11 is 1.68. The smallest absolute Gasteiger partial charge is 0.340 e. The van der Waals surface area contributed by atoms with Gasteiger partial charge in [-0.15, -0.1) is 0 Å². The molecule has 1 aromatic heterocycles. The lowest BCUT2D eigenvalue weighted by molar-refractivity contribution is 0.0525. The van der Waals surface area contributed by atoms with Gasteiger partial charge in [0.15, 0.2) is 5.17 Å². The fourth-order valence-electron chi connectivity index (χ4n) is 2.63. The Kier molecular flexibility index (Phi) is 6.48. The van der Waals surface area contributed by atoms with Gasteiger partial charge in [-0.05, 0) is 32.8 Å². The van der Waals surface area contributed by atoms with Gasteiger partial charge in [0.2, 0.25) is 0 Å². The number of amidine groups is 1. The van der Waals surface area contributed by atoms with Crippen LogP contribution in [0.1, 0.15) is 54.0 Å². The van der Waals surface area contributed by atoms with E-state index in [4.69, 9.17) is 4.74 Å². The third kappa shape index (κ3) is 4.01. The molecule has 132 valence electrons. The van der Waals surface area contributed by atoms with E-state index in [0.29, 0.717) is 12.2 Å². The van der Waals surface area contributed by atoms with E-state index in [1.165, 1.54) is 0 Å². The van der Waals surface area contributed by atoms with Gasteiger partial charge < -0.3 is 9.72 Å². The van der Waals surface area contributed by atoms with Gasteiger partial charge in [-0.2, -0.15) is 5.10 Å². The monoisotopic (exact) mass is 350 g/mol. The van der Waals surface area contributed by atoms with Crippen LogP contribution in [0.25, 0.3) is 0 Å². The first kappa shape index (κ1) is 18.6. The highest BCUT2D eigenvalue weighted by Crippen LogP contribution is 2.24. The fourth-order valence-corrected chi connectivity index (χ4v) is 3.51. The number of aromatic amines is 1. The van der Waals surface area contributed by atoms with Gasteiger partial charge in [-0.3, -0.25) is 4.99 Å². The predicted molar refractivity (Wildman–Crippen MR) is 100 cm³/mol. The Morgan fingerprint density at radius 2 is 2.17 bits per heavy atom. The molecule has 0 atom stereocenters. The van der Waals surface area contributed by atoms with Crippen LogP contribution in [-0.2, 0) is 4.74 Å². The largest absolute Gasteiger partial charge is 0.462 e. The van der Waals surface area contributed by atoms with E-state index < -0.39 is 0 Å². The number of nitrogens with zero attached hydrogens (tertiary/aromatic N) is 3. The second-order valence-corrected chi connectivity index (χ2v) is 6.66. The SMILES string of the molecule is CCCCN=C1SCC(c2[nH]c(C)c(C(=O)OCC)c2C)=NN1C. The summed E-state index contributed by atoms with van der Waals surface area (Å²) in [6.45, 7) is 9.00. The Morgan fingerprint density at radius 1 is 1.42 bits per heavy atom. The first-order valence-corrected chi connectivity index (χ1v) is 9.33.